The van der Waals surface area contributed by atoms with E-state index in [0.717, 1.165) is 5.69 Å². The molecule has 8 heteroatoms. The number of aliphatic hydroxyl groups excluding tert-OH is 3. The third kappa shape index (κ3) is 1.57. The van der Waals surface area contributed by atoms with Crippen molar-refractivity contribution in [3.63, 3.8) is 0 Å². The molecule has 2 aliphatic rings. The fourth-order valence-electron chi connectivity index (χ4n) is 2.24. The Hall–Kier alpha value is -1.06. The topological polar surface area (TPSA) is 110 Å². The number of hydrogen-bond acceptors (Lipinski definition) is 7. The quantitative estimate of drug-likeness (QED) is 0.540. The van der Waals surface area contributed by atoms with Crippen LogP contribution < -0.4 is 0 Å². The molecule has 0 bridgehead atoms. The van der Waals surface area contributed by atoms with Gasteiger partial charge in [-0.25, -0.2) is 4.68 Å². The average Bonchev–Trinajstić information content (AvgIpc) is 2.92. The van der Waals surface area contributed by atoms with Crippen LogP contribution in [0.1, 0.15) is 11.9 Å². The minimum Gasteiger partial charge on any atom is -0.394 e. The van der Waals surface area contributed by atoms with Gasteiger partial charge in [0.05, 0.1) is 25.1 Å². The van der Waals surface area contributed by atoms with Gasteiger partial charge in [0.25, 0.3) is 0 Å². The zero-order chi connectivity index (χ0) is 12.0. The van der Waals surface area contributed by atoms with Crippen LogP contribution in [0.3, 0.4) is 0 Å². The monoisotopic (exact) mass is 243 g/mol. The molecule has 17 heavy (non-hydrogen) atoms. The van der Waals surface area contributed by atoms with Crippen LogP contribution in [-0.4, -0.2) is 61.3 Å². The van der Waals surface area contributed by atoms with Gasteiger partial charge in [0.2, 0.25) is 0 Å². The summed E-state index contributed by atoms with van der Waals surface area (Å²) in [5.41, 5.74) is 0.748. The molecular weight excluding hydrogens is 230 g/mol. The molecule has 1 saturated heterocycles. The number of aliphatic hydroxyl groups is 3. The molecule has 2 aliphatic heterocycles. The fraction of sp³-hybridized carbons (Fsp3) is 0.778. The second-order valence-electron chi connectivity index (χ2n) is 4.18. The van der Waals surface area contributed by atoms with Crippen molar-refractivity contribution in [2.75, 3.05) is 6.61 Å². The Morgan fingerprint density at radius 3 is 3.18 bits per heavy atom. The molecular formula is C9H13N3O5. The summed E-state index contributed by atoms with van der Waals surface area (Å²) in [6.45, 7) is -0.193. The Morgan fingerprint density at radius 1 is 1.59 bits per heavy atom. The maximum absolute atomic E-state index is 9.97. The van der Waals surface area contributed by atoms with E-state index in [9.17, 15) is 10.2 Å². The summed E-state index contributed by atoms with van der Waals surface area (Å²) in [4.78, 5) is 0. The highest BCUT2D eigenvalue weighted by atomic mass is 16.6. The van der Waals surface area contributed by atoms with Gasteiger partial charge in [-0.2, -0.15) is 0 Å². The van der Waals surface area contributed by atoms with E-state index in [2.05, 4.69) is 10.3 Å². The standard InChI is InChI=1S/C9H13N3O5/c13-2-5(14)7-6(15)8-9(17-7)12-4(3-16-8)1-10-11-12/h1,5-9,13-15H,2-3H2/t5-,6+,7-,8+,9+/m1/s1. The molecule has 1 aromatic rings. The molecule has 0 unspecified atom stereocenters. The van der Waals surface area contributed by atoms with E-state index >= 15 is 0 Å². The zero-order valence-electron chi connectivity index (χ0n) is 8.88. The van der Waals surface area contributed by atoms with Crippen molar-refractivity contribution < 1.29 is 24.8 Å². The first-order valence-electron chi connectivity index (χ1n) is 5.35. The number of aromatic nitrogens is 3. The molecule has 0 amide bonds. The van der Waals surface area contributed by atoms with Crippen molar-refractivity contribution in [1.29, 1.82) is 0 Å². The lowest BCUT2D eigenvalue weighted by molar-refractivity contribution is -0.119. The molecule has 0 spiro atoms. The van der Waals surface area contributed by atoms with Crippen LogP contribution in [0.5, 0.6) is 0 Å². The van der Waals surface area contributed by atoms with E-state index in [0.29, 0.717) is 0 Å². The van der Waals surface area contributed by atoms with Crippen LogP contribution in [0, 0.1) is 0 Å². The third-order valence-electron chi connectivity index (χ3n) is 3.13. The smallest absolute Gasteiger partial charge is 0.181 e. The molecule has 0 aliphatic carbocycles. The molecule has 1 fully saturated rings. The summed E-state index contributed by atoms with van der Waals surface area (Å²) in [6, 6.07) is 0. The van der Waals surface area contributed by atoms with Crippen molar-refractivity contribution in [2.24, 2.45) is 0 Å². The highest BCUT2D eigenvalue weighted by Crippen LogP contribution is 2.36. The van der Waals surface area contributed by atoms with Gasteiger partial charge in [0.15, 0.2) is 6.23 Å². The van der Waals surface area contributed by atoms with Gasteiger partial charge in [-0.15, -0.1) is 5.10 Å². The van der Waals surface area contributed by atoms with E-state index in [1.807, 2.05) is 0 Å². The Labute approximate surface area is 96.4 Å². The van der Waals surface area contributed by atoms with E-state index < -0.39 is 37.3 Å². The molecule has 1 aromatic heterocycles. The molecule has 94 valence electrons. The molecule has 0 aromatic carbocycles. The summed E-state index contributed by atoms with van der Waals surface area (Å²) >= 11 is 0. The normalized spacial score (nSPS) is 37.6. The largest absolute Gasteiger partial charge is 0.394 e. The first-order valence-corrected chi connectivity index (χ1v) is 5.35. The summed E-state index contributed by atoms with van der Waals surface area (Å²) in [5.74, 6) is 0. The number of ether oxygens (including phenoxy) is 2. The van der Waals surface area contributed by atoms with Gasteiger partial charge < -0.3 is 24.8 Å². The van der Waals surface area contributed by atoms with Gasteiger partial charge in [0, 0.05) is 0 Å². The van der Waals surface area contributed by atoms with Crippen LogP contribution in [0.4, 0.5) is 0 Å². The summed E-state index contributed by atoms with van der Waals surface area (Å²) in [5, 5.41) is 36.0. The maximum Gasteiger partial charge on any atom is 0.181 e. The second-order valence-corrected chi connectivity index (χ2v) is 4.18. The number of hydrogen-bond donors (Lipinski definition) is 3. The summed E-state index contributed by atoms with van der Waals surface area (Å²) in [6.07, 6.45) is -2.68. The average molecular weight is 243 g/mol. The number of nitrogens with zero attached hydrogens (tertiary/aromatic N) is 3. The molecule has 0 saturated carbocycles. The molecule has 3 rings (SSSR count). The zero-order valence-corrected chi connectivity index (χ0v) is 8.88. The molecule has 5 atom stereocenters. The van der Waals surface area contributed by atoms with E-state index in [1.54, 1.807) is 6.20 Å². The van der Waals surface area contributed by atoms with Crippen LogP contribution >= 0.6 is 0 Å². The maximum atomic E-state index is 9.97. The van der Waals surface area contributed by atoms with Crippen LogP contribution in [0.15, 0.2) is 6.20 Å². The highest BCUT2D eigenvalue weighted by Gasteiger charge is 2.50. The van der Waals surface area contributed by atoms with Crippen molar-refractivity contribution >= 4 is 0 Å². The van der Waals surface area contributed by atoms with Crippen LogP contribution in [-0.2, 0) is 16.1 Å². The van der Waals surface area contributed by atoms with E-state index in [-0.39, 0.29) is 6.61 Å². The third-order valence-corrected chi connectivity index (χ3v) is 3.13. The first kappa shape index (κ1) is 11.1. The molecule has 3 heterocycles. The van der Waals surface area contributed by atoms with Crippen molar-refractivity contribution in [1.82, 2.24) is 15.0 Å². The van der Waals surface area contributed by atoms with Crippen molar-refractivity contribution in [3.05, 3.63) is 11.9 Å². The van der Waals surface area contributed by atoms with Gasteiger partial charge in [0.1, 0.15) is 24.4 Å². The van der Waals surface area contributed by atoms with E-state index in [4.69, 9.17) is 14.6 Å². The van der Waals surface area contributed by atoms with Crippen molar-refractivity contribution in [2.45, 2.75) is 37.3 Å². The number of fused-ring (bicyclic) bond motifs is 3. The van der Waals surface area contributed by atoms with Crippen molar-refractivity contribution in [3.8, 4) is 0 Å². The fourth-order valence-corrected chi connectivity index (χ4v) is 2.24. The minimum absolute atomic E-state index is 0.288. The lowest BCUT2D eigenvalue weighted by Crippen LogP contribution is -2.42. The van der Waals surface area contributed by atoms with Gasteiger partial charge in [-0.1, -0.05) is 5.21 Å². The second kappa shape index (κ2) is 4.00. The van der Waals surface area contributed by atoms with Gasteiger partial charge in [-0.05, 0) is 0 Å². The molecule has 3 N–H and O–H groups in total. The van der Waals surface area contributed by atoms with E-state index in [1.165, 1.54) is 4.68 Å². The summed E-state index contributed by atoms with van der Waals surface area (Å²) in [7, 11) is 0. The first-order chi connectivity index (χ1) is 8.22. The predicted octanol–water partition coefficient (Wildman–Crippen LogP) is -2.21. The lowest BCUT2D eigenvalue weighted by Gasteiger charge is -2.26. The highest BCUT2D eigenvalue weighted by molar-refractivity contribution is 5.02. The lowest BCUT2D eigenvalue weighted by atomic mass is 10.1. The summed E-state index contributed by atoms with van der Waals surface area (Å²) < 4.78 is 12.5. The Kier molecular flexibility index (Phi) is 2.60. The van der Waals surface area contributed by atoms with Crippen LogP contribution in [0.25, 0.3) is 0 Å². The van der Waals surface area contributed by atoms with Gasteiger partial charge in [-0.3, -0.25) is 0 Å². The predicted molar refractivity (Wildman–Crippen MR) is 51.6 cm³/mol. The number of rotatable bonds is 2. The Morgan fingerprint density at radius 2 is 2.41 bits per heavy atom. The Bertz CT molecular complexity index is 411. The SMILES string of the molecule is OC[C@@H](O)[C@H]1O[C@H]2[C@@H](OCc3cnnn32)[C@H]1O. The molecule has 0 radical (unpaired) electrons. The minimum atomic E-state index is -1.15. The Balaban J connectivity index is 1.88. The van der Waals surface area contributed by atoms with Gasteiger partial charge >= 0.3 is 0 Å². The van der Waals surface area contributed by atoms with Crippen LogP contribution in [0.2, 0.25) is 0 Å². The molecule has 8 nitrogen and oxygen atoms in total.